The number of allylic oxidation sites excluding steroid dienone is 2. The first-order valence-corrected chi connectivity index (χ1v) is 4.66. The van der Waals surface area contributed by atoms with Gasteiger partial charge < -0.3 is 5.73 Å². The molecule has 0 radical (unpaired) electrons. The van der Waals surface area contributed by atoms with Gasteiger partial charge in [-0.15, -0.1) is 0 Å². The molecular weight excluding hydrogens is 134 g/mol. The molecule has 0 aromatic heterocycles. The first-order chi connectivity index (χ1) is 5.31. The smallest absolute Gasteiger partial charge is 0.00747 e. The Hall–Kier alpha value is -0.300. The van der Waals surface area contributed by atoms with Gasteiger partial charge in [0.15, 0.2) is 0 Å². The van der Waals surface area contributed by atoms with Crippen LogP contribution in [0.2, 0.25) is 0 Å². The van der Waals surface area contributed by atoms with Gasteiger partial charge in [0.25, 0.3) is 0 Å². The normalized spacial score (nSPS) is 14.1. The van der Waals surface area contributed by atoms with Gasteiger partial charge in [-0.1, -0.05) is 26.0 Å². The van der Waals surface area contributed by atoms with Crippen LogP contribution in [-0.4, -0.2) is 6.54 Å². The molecule has 0 rings (SSSR count). The Kier molecular flexibility index (Phi) is 7.59. The maximum Gasteiger partial charge on any atom is -0.00747 e. The Bertz CT molecular complexity index is 97.0. The third kappa shape index (κ3) is 7.60. The van der Waals surface area contributed by atoms with E-state index in [1.54, 1.807) is 0 Å². The molecule has 1 heteroatoms. The lowest BCUT2D eigenvalue weighted by molar-refractivity contribution is 0.504. The monoisotopic (exact) mass is 155 g/mol. The van der Waals surface area contributed by atoms with Gasteiger partial charge in [-0.05, 0) is 38.1 Å². The first-order valence-electron chi connectivity index (χ1n) is 4.66. The second-order valence-electron chi connectivity index (χ2n) is 3.14. The molecule has 0 bridgehead atoms. The van der Waals surface area contributed by atoms with E-state index in [1.807, 2.05) is 0 Å². The van der Waals surface area contributed by atoms with Gasteiger partial charge in [-0.25, -0.2) is 0 Å². The first kappa shape index (κ1) is 10.7. The van der Waals surface area contributed by atoms with E-state index in [2.05, 4.69) is 26.0 Å². The number of nitrogens with two attached hydrogens (primary N) is 1. The molecule has 66 valence electrons. The van der Waals surface area contributed by atoms with Gasteiger partial charge in [0.05, 0.1) is 0 Å². The zero-order valence-electron chi connectivity index (χ0n) is 7.84. The van der Waals surface area contributed by atoms with Crippen LogP contribution in [0.15, 0.2) is 12.2 Å². The van der Waals surface area contributed by atoms with Gasteiger partial charge in [-0.3, -0.25) is 0 Å². The van der Waals surface area contributed by atoms with Crippen molar-refractivity contribution in [2.75, 3.05) is 6.54 Å². The van der Waals surface area contributed by atoms with E-state index in [-0.39, 0.29) is 0 Å². The summed E-state index contributed by atoms with van der Waals surface area (Å²) in [6.45, 7) is 5.27. The topological polar surface area (TPSA) is 26.0 Å². The molecule has 0 saturated heterocycles. The fourth-order valence-corrected chi connectivity index (χ4v) is 1.09. The standard InChI is InChI=1S/C10H21N/c1-3-4-5-6-7-10(2)8-9-11/h4-5,10H,3,6-9,11H2,1-2H3. The van der Waals surface area contributed by atoms with E-state index in [0.717, 1.165) is 18.9 Å². The van der Waals surface area contributed by atoms with E-state index in [4.69, 9.17) is 5.73 Å². The van der Waals surface area contributed by atoms with Crippen molar-refractivity contribution < 1.29 is 0 Å². The summed E-state index contributed by atoms with van der Waals surface area (Å²) in [4.78, 5) is 0. The van der Waals surface area contributed by atoms with E-state index >= 15 is 0 Å². The summed E-state index contributed by atoms with van der Waals surface area (Å²) >= 11 is 0. The van der Waals surface area contributed by atoms with E-state index in [1.165, 1.54) is 19.3 Å². The zero-order valence-corrected chi connectivity index (χ0v) is 7.84. The summed E-state index contributed by atoms with van der Waals surface area (Å²) in [5.41, 5.74) is 5.44. The van der Waals surface area contributed by atoms with Crippen molar-refractivity contribution >= 4 is 0 Å². The lowest BCUT2D eigenvalue weighted by Gasteiger charge is -2.06. The molecule has 0 aliphatic heterocycles. The van der Waals surface area contributed by atoms with Gasteiger partial charge in [0, 0.05) is 0 Å². The molecule has 0 aliphatic rings. The molecule has 1 atom stereocenters. The molecule has 0 saturated carbocycles. The van der Waals surface area contributed by atoms with Gasteiger partial charge in [-0.2, -0.15) is 0 Å². The van der Waals surface area contributed by atoms with Crippen LogP contribution in [0.25, 0.3) is 0 Å². The highest BCUT2D eigenvalue weighted by Crippen LogP contribution is 2.09. The van der Waals surface area contributed by atoms with Crippen LogP contribution in [0.3, 0.4) is 0 Å². The summed E-state index contributed by atoms with van der Waals surface area (Å²) in [5.74, 6) is 0.793. The Balaban J connectivity index is 3.16. The summed E-state index contributed by atoms with van der Waals surface area (Å²) in [6, 6.07) is 0. The molecule has 2 N–H and O–H groups in total. The van der Waals surface area contributed by atoms with Crippen LogP contribution < -0.4 is 5.73 Å². The number of hydrogen-bond donors (Lipinski definition) is 1. The zero-order chi connectivity index (χ0) is 8.53. The Morgan fingerprint density at radius 1 is 1.27 bits per heavy atom. The van der Waals surface area contributed by atoms with E-state index in [0.29, 0.717) is 0 Å². The predicted molar refractivity (Wildman–Crippen MR) is 51.5 cm³/mol. The lowest BCUT2D eigenvalue weighted by Crippen LogP contribution is -2.05. The van der Waals surface area contributed by atoms with Crippen molar-refractivity contribution in [1.82, 2.24) is 0 Å². The highest BCUT2D eigenvalue weighted by Gasteiger charge is 1.97. The molecule has 1 unspecified atom stereocenters. The van der Waals surface area contributed by atoms with Crippen molar-refractivity contribution in [3.05, 3.63) is 12.2 Å². The molecule has 1 nitrogen and oxygen atoms in total. The summed E-state index contributed by atoms with van der Waals surface area (Å²) in [6.07, 6.45) is 9.33. The average molecular weight is 155 g/mol. The summed E-state index contributed by atoms with van der Waals surface area (Å²) in [5, 5.41) is 0. The minimum Gasteiger partial charge on any atom is -0.330 e. The quantitative estimate of drug-likeness (QED) is 0.586. The molecule has 0 spiro atoms. The third-order valence-corrected chi connectivity index (χ3v) is 1.89. The van der Waals surface area contributed by atoms with E-state index < -0.39 is 0 Å². The molecule has 0 heterocycles. The van der Waals surface area contributed by atoms with Crippen LogP contribution in [0.4, 0.5) is 0 Å². The second kappa shape index (κ2) is 7.80. The highest BCUT2D eigenvalue weighted by molar-refractivity contribution is 4.80. The van der Waals surface area contributed by atoms with Crippen LogP contribution in [0, 0.1) is 5.92 Å². The Morgan fingerprint density at radius 2 is 2.00 bits per heavy atom. The third-order valence-electron chi connectivity index (χ3n) is 1.89. The van der Waals surface area contributed by atoms with Crippen molar-refractivity contribution in [1.29, 1.82) is 0 Å². The van der Waals surface area contributed by atoms with Gasteiger partial charge >= 0.3 is 0 Å². The molecule has 0 aromatic carbocycles. The molecule has 0 aliphatic carbocycles. The van der Waals surface area contributed by atoms with Gasteiger partial charge in [0.1, 0.15) is 0 Å². The SMILES string of the molecule is CCC=CCCC(C)CCN. The maximum atomic E-state index is 5.44. The molecule has 0 aromatic rings. The number of hydrogen-bond acceptors (Lipinski definition) is 1. The molecule has 0 fully saturated rings. The van der Waals surface area contributed by atoms with Crippen LogP contribution in [0.1, 0.15) is 39.5 Å². The highest BCUT2D eigenvalue weighted by atomic mass is 14.5. The Labute approximate surface area is 70.7 Å². The fourth-order valence-electron chi connectivity index (χ4n) is 1.09. The summed E-state index contributed by atoms with van der Waals surface area (Å²) in [7, 11) is 0. The van der Waals surface area contributed by atoms with Crippen LogP contribution in [-0.2, 0) is 0 Å². The van der Waals surface area contributed by atoms with Crippen molar-refractivity contribution in [3.8, 4) is 0 Å². The fraction of sp³-hybridized carbons (Fsp3) is 0.800. The summed E-state index contributed by atoms with van der Waals surface area (Å²) < 4.78 is 0. The lowest BCUT2D eigenvalue weighted by atomic mass is 10.0. The molecular formula is C10H21N. The molecule has 0 amide bonds. The van der Waals surface area contributed by atoms with Crippen LogP contribution in [0.5, 0.6) is 0 Å². The largest absolute Gasteiger partial charge is 0.330 e. The molecule has 11 heavy (non-hydrogen) atoms. The minimum atomic E-state index is 0.793. The van der Waals surface area contributed by atoms with Crippen molar-refractivity contribution in [3.63, 3.8) is 0 Å². The van der Waals surface area contributed by atoms with Crippen molar-refractivity contribution in [2.45, 2.75) is 39.5 Å². The number of rotatable bonds is 6. The predicted octanol–water partition coefficient (Wildman–Crippen LogP) is 2.72. The maximum absolute atomic E-state index is 5.44. The average Bonchev–Trinajstić information content (AvgIpc) is 1.99. The Morgan fingerprint density at radius 3 is 2.55 bits per heavy atom. The van der Waals surface area contributed by atoms with Gasteiger partial charge in [0.2, 0.25) is 0 Å². The second-order valence-corrected chi connectivity index (χ2v) is 3.14. The van der Waals surface area contributed by atoms with E-state index in [9.17, 15) is 0 Å². The minimum absolute atomic E-state index is 0.793. The van der Waals surface area contributed by atoms with Crippen molar-refractivity contribution in [2.24, 2.45) is 11.7 Å². The van der Waals surface area contributed by atoms with Crippen LogP contribution >= 0.6 is 0 Å².